The van der Waals surface area contributed by atoms with Crippen LogP contribution in [-0.2, 0) is 6.54 Å². The number of guanidine groups is 1. The van der Waals surface area contributed by atoms with Crippen molar-refractivity contribution >= 4 is 5.96 Å². The Balaban J connectivity index is 2.65. The van der Waals surface area contributed by atoms with E-state index in [4.69, 9.17) is 9.47 Å². The Bertz CT molecular complexity index is 475. The Morgan fingerprint density at radius 3 is 2.64 bits per heavy atom. The maximum Gasteiger partial charge on any atom is 0.191 e. The van der Waals surface area contributed by atoms with Crippen molar-refractivity contribution in [1.82, 2.24) is 10.6 Å². The van der Waals surface area contributed by atoms with E-state index < -0.39 is 0 Å². The molecule has 22 heavy (non-hydrogen) atoms. The largest absolute Gasteiger partial charge is 0.493 e. The van der Waals surface area contributed by atoms with E-state index in [9.17, 15) is 0 Å². The monoisotopic (exact) mass is 307 g/mol. The lowest BCUT2D eigenvalue weighted by Crippen LogP contribution is -2.41. The highest BCUT2D eigenvalue weighted by atomic mass is 16.5. The van der Waals surface area contributed by atoms with Gasteiger partial charge in [-0.05, 0) is 37.5 Å². The number of aliphatic imine (C=N–C) groups is 1. The zero-order valence-electron chi connectivity index (χ0n) is 14.4. The highest BCUT2D eigenvalue weighted by molar-refractivity contribution is 5.79. The molecule has 0 aliphatic heterocycles. The Kier molecular flexibility index (Phi) is 8.18. The molecule has 0 radical (unpaired) electrons. The molecule has 0 fully saturated rings. The van der Waals surface area contributed by atoms with Gasteiger partial charge in [0.2, 0.25) is 0 Å². The summed E-state index contributed by atoms with van der Waals surface area (Å²) in [6.45, 7) is 7.74. The number of methoxy groups -OCH3 is 1. The summed E-state index contributed by atoms with van der Waals surface area (Å²) in [4.78, 5) is 4.23. The molecule has 5 nitrogen and oxygen atoms in total. The molecular formula is C17H29N3O2. The van der Waals surface area contributed by atoms with Gasteiger partial charge < -0.3 is 20.1 Å². The summed E-state index contributed by atoms with van der Waals surface area (Å²) in [5.74, 6) is 2.35. The van der Waals surface area contributed by atoms with Crippen LogP contribution in [0.5, 0.6) is 11.5 Å². The smallest absolute Gasteiger partial charge is 0.191 e. The molecule has 0 saturated heterocycles. The fourth-order valence-corrected chi connectivity index (χ4v) is 1.87. The Labute approximate surface area is 134 Å². The predicted molar refractivity (Wildman–Crippen MR) is 91.9 cm³/mol. The molecule has 5 heteroatoms. The lowest BCUT2D eigenvalue weighted by Gasteiger charge is -2.17. The third kappa shape index (κ3) is 5.84. The van der Waals surface area contributed by atoms with Gasteiger partial charge in [-0.1, -0.05) is 19.9 Å². The van der Waals surface area contributed by atoms with Gasteiger partial charge in [-0.25, -0.2) is 0 Å². The number of benzene rings is 1. The maximum atomic E-state index is 5.66. The van der Waals surface area contributed by atoms with E-state index in [0.717, 1.165) is 35.9 Å². The van der Waals surface area contributed by atoms with Crippen LogP contribution in [0, 0.1) is 0 Å². The molecule has 1 aromatic carbocycles. The van der Waals surface area contributed by atoms with Crippen LogP contribution in [0.25, 0.3) is 0 Å². The first kappa shape index (κ1) is 18.1. The first-order chi connectivity index (χ1) is 10.6. The van der Waals surface area contributed by atoms with Gasteiger partial charge >= 0.3 is 0 Å². The van der Waals surface area contributed by atoms with Crippen molar-refractivity contribution in [2.75, 3.05) is 20.8 Å². The maximum absolute atomic E-state index is 5.66. The molecule has 0 aromatic heterocycles. The zero-order valence-corrected chi connectivity index (χ0v) is 14.4. The molecule has 0 aliphatic carbocycles. The summed E-state index contributed by atoms with van der Waals surface area (Å²) in [6.07, 6.45) is 2.03. The van der Waals surface area contributed by atoms with Gasteiger partial charge in [0.25, 0.3) is 0 Å². The predicted octanol–water partition coefficient (Wildman–Crippen LogP) is 2.95. The van der Waals surface area contributed by atoms with E-state index in [-0.39, 0.29) is 0 Å². The van der Waals surface area contributed by atoms with Crippen molar-refractivity contribution < 1.29 is 9.47 Å². The van der Waals surface area contributed by atoms with Crippen molar-refractivity contribution in [3.05, 3.63) is 23.8 Å². The number of ether oxygens (including phenoxy) is 2. The van der Waals surface area contributed by atoms with Crippen molar-refractivity contribution in [3.63, 3.8) is 0 Å². The summed E-state index contributed by atoms with van der Waals surface area (Å²) >= 11 is 0. The number of hydrogen-bond acceptors (Lipinski definition) is 3. The summed E-state index contributed by atoms with van der Waals surface area (Å²) < 4.78 is 11.1. The van der Waals surface area contributed by atoms with Crippen molar-refractivity contribution in [1.29, 1.82) is 0 Å². The molecule has 1 atom stereocenters. The third-order valence-corrected chi connectivity index (χ3v) is 3.37. The van der Waals surface area contributed by atoms with Gasteiger partial charge in [0.15, 0.2) is 17.5 Å². The molecule has 0 bridgehead atoms. The van der Waals surface area contributed by atoms with Gasteiger partial charge in [-0.3, -0.25) is 4.99 Å². The zero-order chi connectivity index (χ0) is 16.4. The average molecular weight is 307 g/mol. The van der Waals surface area contributed by atoms with Crippen molar-refractivity contribution in [2.24, 2.45) is 4.99 Å². The lowest BCUT2D eigenvalue weighted by molar-refractivity contribution is 0.294. The first-order valence-electron chi connectivity index (χ1n) is 7.91. The van der Waals surface area contributed by atoms with E-state index in [2.05, 4.69) is 36.4 Å². The van der Waals surface area contributed by atoms with Crippen LogP contribution in [0.15, 0.2) is 23.2 Å². The third-order valence-electron chi connectivity index (χ3n) is 3.37. The average Bonchev–Trinajstić information content (AvgIpc) is 2.56. The van der Waals surface area contributed by atoms with Crippen LogP contribution in [0.1, 0.15) is 39.2 Å². The Morgan fingerprint density at radius 2 is 2.05 bits per heavy atom. The molecule has 1 rings (SSSR count). The standard InChI is InChI=1S/C17H29N3O2/c1-6-10-22-15-9-8-14(11-16(15)21-5)12-19-17(18-4)20-13(3)7-2/h8-9,11,13H,6-7,10,12H2,1-5H3,(H2,18,19,20). The van der Waals surface area contributed by atoms with Crippen LogP contribution in [-0.4, -0.2) is 32.8 Å². The normalized spacial score (nSPS) is 12.7. The Morgan fingerprint density at radius 1 is 1.27 bits per heavy atom. The van der Waals surface area contributed by atoms with Gasteiger partial charge in [0.05, 0.1) is 13.7 Å². The van der Waals surface area contributed by atoms with Gasteiger partial charge in [-0.2, -0.15) is 0 Å². The van der Waals surface area contributed by atoms with Crippen molar-refractivity contribution in [3.8, 4) is 11.5 Å². The Hall–Kier alpha value is -1.91. The van der Waals surface area contributed by atoms with Crippen molar-refractivity contribution in [2.45, 2.75) is 46.2 Å². The molecule has 0 heterocycles. The fourth-order valence-electron chi connectivity index (χ4n) is 1.87. The van der Waals surface area contributed by atoms with E-state index in [0.29, 0.717) is 19.2 Å². The molecule has 2 N–H and O–H groups in total. The molecular weight excluding hydrogens is 278 g/mol. The van der Waals surface area contributed by atoms with Crippen LogP contribution < -0.4 is 20.1 Å². The van der Waals surface area contributed by atoms with E-state index in [1.54, 1.807) is 14.2 Å². The second-order valence-corrected chi connectivity index (χ2v) is 5.21. The number of nitrogens with one attached hydrogen (secondary N) is 2. The number of rotatable bonds is 8. The summed E-state index contributed by atoms with van der Waals surface area (Å²) in [7, 11) is 3.44. The molecule has 0 amide bonds. The molecule has 1 aromatic rings. The van der Waals surface area contributed by atoms with Crippen LogP contribution >= 0.6 is 0 Å². The van der Waals surface area contributed by atoms with Crippen LogP contribution in [0.3, 0.4) is 0 Å². The van der Waals surface area contributed by atoms with Gasteiger partial charge in [0.1, 0.15) is 0 Å². The second kappa shape index (κ2) is 9.92. The molecule has 0 spiro atoms. The minimum atomic E-state index is 0.394. The van der Waals surface area contributed by atoms with Gasteiger partial charge in [0, 0.05) is 19.6 Å². The van der Waals surface area contributed by atoms with Crippen LogP contribution in [0.4, 0.5) is 0 Å². The highest BCUT2D eigenvalue weighted by Gasteiger charge is 2.07. The minimum Gasteiger partial charge on any atom is -0.493 e. The molecule has 124 valence electrons. The topological polar surface area (TPSA) is 54.9 Å². The molecule has 1 unspecified atom stereocenters. The molecule has 0 saturated carbocycles. The first-order valence-corrected chi connectivity index (χ1v) is 7.91. The summed E-state index contributed by atoms with van der Waals surface area (Å²) in [6, 6.07) is 6.38. The summed E-state index contributed by atoms with van der Waals surface area (Å²) in [5.41, 5.74) is 1.12. The highest BCUT2D eigenvalue weighted by Crippen LogP contribution is 2.28. The quantitative estimate of drug-likeness (QED) is 0.573. The molecule has 0 aliphatic rings. The second-order valence-electron chi connectivity index (χ2n) is 5.21. The minimum absolute atomic E-state index is 0.394. The SMILES string of the molecule is CCCOc1ccc(CNC(=NC)NC(C)CC)cc1OC. The van der Waals surface area contributed by atoms with E-state index >= 15 is 0 Å². The lowest BCUT2D eigenvalue weighted by atomic mass is 10.2. The fraction of sp³-hybridized carbons (Fsp3) is 0.588. The van der Waals surface area contributed by atoms with E-state index in [1.807, 2.05) is 18.2 Å². The van der Waals surface area contributed by atoms with Crippen LogP contribution in [0.2, 0.25) is 0 Å². The summed E-state index contributed by atoms with van der Waals surface area (Å²) in [5, 5.41) is 6.64. The number of nitrogens with zero attached hydrogens (tertiary/aromatic N) is 1. The van der Waals surface area contributed by atoms with Gasteiger partial charge in [-0.15, -0.1) is 0 Å². The number of hydrogen-bond donors (Lipinski definition) is 2. The van der Waals surface area contributed by atoms with E-state index in [1.165, 1.54) is 0 Å².